The highest BCUT2D eigenvalue weighted by molar-refractivity contribution is 5.85. The van der Waals surface area contributed by atoms with E-state index in [2.05, 4.69) is 35.6 Å². The van der Waals surface area contributed by atoms with Gasteiger partial charge in [0.1, 0.15) is 11.4 Å². The van der Waals surface area contributed by atoms with Gasteiger partial charge >= 0.3 is 0 Å². The minimum absolute atomic E-state index is 0.194. The fraction of sp³-hybridized carbons (Fsp3) is 0.750. The summed E-state index contributed by atoms with van der Waals surface area (Å²) in [6.45, 7) is 7.17. The molecule has 0 aromatic carbocycles. The Bertz CT molecular complexity index is 482. The second-order valence-corrected chi connectivity index (χ2v) is 6.40. The average Bonchev–Trinajstić information content (AvgIpc) is 3.02. The summed E-state index contributed by atoms with van der Waals surface area (Å²) in [4.78, 5) is 16.4. The maximum Gasteiger partial charge on any atom is 0.238 e. The molecule has 1 saturated carbocycles. The second-order valence-electron chi connectivity index (χ2n) is 6.40. The van der Waals surface area contributed by atoms with Crippen LogP contribution in [0.25, 0.3) is 0 Å². The van der Waals surface area contributed by atoms with Gasteiger partial charge in [-0.3, -0.25) is 4.79 Å². The Morgan fingerprint density at radius 1 is 1.62 bits per heavy atom. The predicted molar refractivity (Wildman–Crippen MR) is 83.8 cm³/mol. The van der Waals surface area contributed by atoms with Crippen molar-refractivity contribution in [2.24, 2.45) is 11.7 Å². The Kier molecular flexibility index (Phi) is 5.04. The molecule has 118 valence electrons. The third kappa shape index (κ3) is 3.28. The molecule has 0 aliphatic heterocycles. The highest BCUT2D eigenvalue weighted by atomic mass is 16.1. The molecule has 0 radical (unpaired) electrons. The number of nitrogens with one attached hydrogen (secondary N) is 1. The van der Waals surface area contributed by atoms with E-state index in [0.717, 1.165) is 44.5 Å². The first-order chi connectivity index (χ1) is 9.99. The molecule has 1 aromatic heterocycles. The van der Waals surface area contributed by atoms with Crippen LogP contribution in [0.5, 0.6) is 0 Å². The van der Waals surface area contributed by atoms with Crippen LogP contribution < -0.4 is 11.1 Å². The monoisotopic (exact) mass is 292 g/mol. The Morgan fingerprint density at radius 2 is 2.38 bits per heavy atom. The number of imidazole rings is 1. The molecule has 1 fully saturated rings. The van der Waals surface area contributed by atoms with Crippen LogP contribution in [0.4, 0.5) is 0 Å². The number of nitrogens with two attached hydrogens (primary N) is 1. The topological polar surface area (TPSA) is 72.9 Å². The molecule has 2 rings (SSSR count). The van der Waals surface area contributed by atoms with Crippen molar-refractivity contribution in [3.63, 3.8) is 0 Å². The smallest absolute Gasteiger partial charge is 0.238 e. The van der Waals surface area contributed by atoms with Crippen molar-refractivity contribution >= 4 is 5.91 Å². The lowest BCUT2D eigenvalue weighted by Gasteiger charge is -2.35. The van der Waals surface area contributed by atoms with Crippen LogP contribution in [0, 0.1) is 5.92 Å². The molecule has 1 heterocycles. The summed E-state index contributed by atoms with van der Waals surface area (Å²) >= 11 is 0. The highest BCUT2D eigenvalue weighted by Gasteiger charge is 2.47. The maximum atomic E-state index is 12.1. The first-order valence-electron chi connectivity index (χ1n) is 8.07. The summed E-state index contributed by atoms with van der Waals surface area (Å²) in [6, 6.07) is 0.262. The largest absolute Gasteiger partial charge is 0.368 e. The Labute approximate surface area is 127 Å². The first-order valence-corrected chi connectivity index (χ1v) is 8.07. The Hall–Kier alpha value is -1.36. The van der Waals surface area contributed by atoms with E-state index < -0.39 is 5.54 Å². The minimum atomic E-state index is -0.527. The van der Waals surface area contributed by atoms with Crippen molar-refractivity contribution in [2.45, 2.75) is 71.0 Å². The van der Waals surface area contributed by atoms with Gasteiger partial charge in [-0.2, -0.15) is 0 Å². The number of hydrogen-bond donors (Lipinski definition) is 2. The number of carbonyl (C=O) groups excluding carboxylic acids is 1. The molecular formula is C16H28N4O. The van der Waals surface area contributed by atoms with E-state index in [4.69, 9.17) is 5.73 Å². The summed E-state index contributed by atoms with van der Waals surface area (Å²) in [5, 5.41) is 3.46. The number of rotatable bonds is 7. The van der Waals surface area contributed by atoms with E-state index in [-0.39, 0.29) is 11.9 Å². The summed E-state index contributed by atoms with van der Waals surface area (Å²) in [6.07, 6.45) is 8.76. The Balaban J connectivity index is 2.08. The molecule has 0 bridgehead atoms. The van der Waals surface area contributed by atoms with Crippen molar-refractivity contribution < 1.29 is 4.79 Å². The van der Waals surface area contributed by atoms with Gasteiger partial charge in [0.2, 0.25) is 5.91 Å². The molecule has 1 aliphatic carbocycles. The molecule has 3 N–H and O–H groups in total. The fourth-order valence-corrected chi connectivity index (χ4v) is 3.72. The average molecular weight is 292 g/mol. The summed E-state index contributed by atoms with van der Waals surface area (Å²) < 4.78 is 2.19. The maximum absolute atomic E-state index is 12.1. The van der Waals surface area contributed by atoms with Gasteiger partial charge in [-0.25, -0.2) is 4.98 Å². The molecule has 1 amide bonds. The molecule has 5 heteroatoms. The molecule has 2 unspecified atom stereocenters. The lowest BCUT2D eigenvalue weighted by atomic mass is 9.83. The molecule has 0 saturated heterocycles. The van der Waals surface area contributed by atoms with E-state index in [1.165, 1.54) is 0 Å². The zero-order chi connectivity index (χ0) is 15.5. The summed E-state index contributed by atoms with van der Waals surface area (Å²) in [5.74, 6) is 1.22. The number of aromatic nitrogens is 2. The third-order valence-electron chi connectivity index (χ3n) is 4.64. The van der Waals surface area contributed by atoms with E-state index in [0.29, 0.717) is 5.92 Å². The van der Waals surface area contributed by atoms with Crippen LogP contribution in [0.15, 0.2) is 12.4 Å². The van der Waals surface area contributed by atoms with Gasteiger partial charge in [0, 0.05) is 31.4 Å². The van der Waals surface area contributed by atoms with Crippen molar-refractivity contribution in [3.8, 4) is 0 Å². The molecule has 5 nitrogen and oxygen atoms in total. The molecular weight excluding hydrogens is 264 g/mol. The van der Waals surface area contributed by atoms with Crippen LogP contribution in [0.3, 0.4) is 0 Å². The Morgan fingerprint density at radius 3 is 3.00 bits per heavy atom. The van der Waals surface area contributed by atoms with Gasteiger partial charge in [0.25, 0.3) is 0 Å². The zero-order valence-corrected chi connectivity index (χ0v) is 13.4. The number of aryl methyl sites for hydroxylation is 2. The zero-order valence-electron chi connectivity index (χ0n) is 13.4. The standard InChI is InChI=1S/C16H28N4O/c1-4-14-18-9-11-20(14)10-7-13-6-5-8-16(13,15(17)21)19-12(2)3/h9,11-13,19H,4-8,10H2,1-3H3,(H2,17,21). The van der Waals surface area contributed by atoms with Crippen LogP contribution in [0.2, 0.25) is 0 Å². The van der Waals surface area contributed by atoms with Crippen molar-refractivity contribution in [1.29, 1.82) is 0 Å². The van der Waals surface area contributed by atoms with Gasteiger partial charge in [-0.05, 0) is 39.0 Å². The molecule has 21 heavy (non-hydrogen) atoms. The van der Waals surface area contributed by atoms with E-state index in [9.17, 15) is 4.79 Å². The van der Waals surface area contributed by atoms with Crippen LogP contribution in [-0.2, 0) is 17.8 Å². The van der Waals surface area contributed by atoms with Crippen molar-refractivity contribution in [1.82, 2.24) is 14.9 Å². The molecule has 0 spiro atoms. The van der Waals surface area contributed by atoms with Gasteiger partial charge in [-0.15, -0.1) is 0 Å². The van der Waals surface area contributed by atoms with Crippen LogP contribution in [-0.4, -0.2) is 27.0 Å². The van der Waals surface area contributed by atoms with E-state index in [1.807, 2.05) is 12.4 Å². The minimum Gasteiger partial charge on any atom is -0.368 e. The SMILES string of the molecule is CCc1nccn1CCC1CCCC1(NC(C)C)C(N)=O. The third-order valence-corrected chi connectivity index (χ3v) is 4.64. The number of hydrogen-bond acceptors (Lipinski definition) is 3. The second kappa shape index (κ2) is 6.60. The summed E-state index contributed by atoms with van der Waals surface area (Å²) in [7, 11) is 0. The van der Waals surface area contributed by atoms with Crippen molar-refractivity contribution in [2.75, 3.05) is 0 Å². The van der Waals surface area contributed by atoms with E-state index in [1.54, 1.807) is 0 Å². The van der Waals surface area contributed by atoms with Crippen molar-refractivity contribution in [3.05, 3.63) is 18.2 Å². The fourth-order valence-electron chi connectivity index (χ4n) is 3.72. The molecule has 2 atom stereocenters. The first kappa shape index (κ1) is 16.0. The van der Waals surface area contributed by atoms with Gasteiger partial charge in [0.15, 0.2) is 0 Å². The quantitative estimate of drug-likeness (QED) is 0.805. The summed E-state index contributed by atoms with van der Waals surface area (Å²) in [5.41, 5.74) is 5.23. The van der Waals surface area contributed by atoms with Gasteiger partial charge in [0.05, 0.1) is 0 Å². The van der Waals surface area contributed by atoms with Crippen LogP contribution >= 0.6 is 0 Å². The highest BCUT2D eigenvalue weighted by Crippen LogP contribution is 2.38. The number of carbonyl (C=O) groups is 1. The lowest BCUT2D eigenvalue weighted by molar-refractivity contribution is -0.126. The molecule has 1 aromatic rings. The van der Waals surface area contributed by atoms with E-state index >= 15 is 0 Å². The van der Waals surface area contributed by atoms with Gasteiger partial charge < -0.3 is 15.6 Å². The molecule has 1 aliphatic rings. The normalized spacial score (nSPS) is 25.6. The predicted octanol–water partition coefficient (Wildman–Crippen LogP) is 1.86. The van der Waals surface area contributed by atoms with Gasteiger partial charge in [-0.1, -0.05) is 13.3 Å². The number of primary amides is 1. The lowest BCUT2D eigenvalue weighted by Crippen LogP contribution is -2.60. The number of amides is 1. The number of nitrogens with zero attached hydrogens (tertiary/aromatic N) is 2. The van der Waals surface area contributed by atoms with Crippen LogP contribution in [0.1, 0.15) is 52.3 Å².